The minimum atomic E-state index is -0.189. The van der Waals surface area contributed by atoms with Crippen molar-refractivity contribution in [3.63, 3.8) is 0 Å². The van der Waals surface area contributed by atoms with Crippen molar-refractivity contribution in [2.24, 2.45) is 0 Å². The SMILES string of the molecule is Cc1ccccc1OCCN1CCN(C(=O)C2CCCO2)CC1. The molecule has 3 rings (SSSR count). The maximum absolute atomic E-state index is 12.3. The Labute approximate surface area is 138 Å². The summed E-state index contributed by atoms with van der Waals surface area (Å²) in [5.74, 6) is 1.14. The van der Waals surface area contributed by atoms with Crippen molar-refractivity contribution >= 4 is 5.91 Å². The Morgan fingerprint density at radius 2 is 2.04 bits per heavy atom. The van der Waals surface area contributed by atoms with Crippen molar-refractivity contribution in [1.82, 2.24) is 9.80 Å². The smallest absolute Gasteiger partial charge is 0.251 e. The van der Waals surface area contributed by atoms with Crippen LogP contribution in [0.15, 0.2) is 24.3 Å². The molecule has 1 aromatic rings. The van der Waals surface area contributed by atoms with Gasteiger partial charge in [0, 0.05) is 39.3 Å². The molecule has 0 bridgehead atoms. The fraction of sp³-hybridized carbons (Fsp3) is 0.611. The number of rotatable bonds is 5. The van der Waals surface area contributed by atoms with Gasteiger partial charge in [0.15, 0.2) is 0 Å². The zero-order valence-corrected chi connectivity index (χ0v) is 13.9. The van der Waals surface area contributed by atoms with E-state index >= 15 is 0 Å². The number of benzene rings is 1. The number of amides is 1. The van der Waals surface area contributed by atoms with Crippen LogP contribution in [0.4, 0.5) is 0 Å². The van der Waals surface area contributed by atoms with Gasteiger partial charge in [-0.05, 0) is 31.4 Å². The first kappa shape index (κ1) is 16.3. The topological polar surface area (TPSA) is 42.0 Å². The molecule has 1 amide bonds. The second kappa shape index (κ2) is 7.79. The molecule has 126 valence electrons. The van der Waals surface area contributed by atoms with Gasteiger partial charge in [0.2, 0.25) is 0 Å². The summed E-state index contributed by atoms with van der Waals surface area (Å²) >= 11 is 0. The number of hydrogen-bond donors (Lipinski definition) is 0. The lowest BCUT2D eigenvalue weighted by Gasteiger charge is -2.35. The van der Waals surface area contributed by atoms with Gasteiger partial charge < -0.3 is 14.4 Å². The Bertz CT molecular complexity index is 521. The Kier molecular flexibility index (Phi) is 5.51. The first-order valence-electron chi connectivity index (χ1n) is 8.55. The maximum atomic E-state index is 12.3. The van der Waals surface area contributed by atoms with Crippen LogP contribution in [0.1, 0.15) is 18.4 Å². The van der Waals surface area contributed by atoms with Crippen LogP contribution >= 0.6 is 0 Å². The molecule has 1 unspecified atom stereocenters. The van der Waals surface area contributed by atoms with Crippen molar-refractivity contribution in [3.8, 4) is 5.75 Å². The van der Waals surface area contributed by atoms with E-state index in [9.17, 15) is 4.79 Å². The van der Waals surface area contributed by atoms with Crippen LogP contribution in [-0.2, 0) is 9.53 Å². The average Bonchev–Trinajstić information content (AvgIpc) is 3.11. The van der Waals surface area contributed by atoms with E-state index in [4.69, 9.17) is 9.47 Å². The van der Waals surface area contributed by atoms with Crippen LogP contribution in [0.5, 0.6) is 5.75 Å². The Hall–Kier alpha value is -1.59. The van der Waals surface area contributed by atoms with E-state index in [1.165, 1.54) is 5.56 Å². The van der Waals surface area contributed by atoms with Gasteiger partial charge in [-0.2, -0.15) is 0 Å². The molecule has 1 aromatic carbocycles. The second-order valence-electron chi connectivity index (χ2n) is 6.28. The summed E-state index contributed by atoms with van der Waals surface area (Å²) < 4.78 is 11.3. The number of piperazine rings is 1. The summed E-state index contributed by atoms with van der Waals surface area (Å²) in [6, 6.07) is 8.09. The minimum absolute atomic E-state index is 0.179. The standard InChI is InChI=1S/C18H26N2O3/c1-15-5-2-3-6-16(15)23-14-12-19-8-10-20(11-9-19)18(21)17-7-4-13-22-17/h2-3,5-6,17H,4,7-14H2,1H3. The Morgan fingerprint density at radius 3 is 2.74 bits per heavy atom. The van der Waals surface area contributed by atoms with Gasteiger partial charge in [-0.3, -0.25) is 9.69 Å². The quantitative estimate of drug-likeness (QED) is 0.829. The summed E-state index contributed by atoms with van der Waals surface area (Å²) in [6.07, 6.45) is 1.70. The molecule has 2 saturated heterocycles. The van der Waals surface area contributed by atoms with Gasteiger partial charge in [-0.1, -0.05) is 18.2 Å². The fourth-order valence-electron chi connectivity index (χ4n) is 3.17. The Balaban J connectivity index is 1.37. The molecular formula is C18H26N2O3. The van der Waals surface area contributed by atoms with Crippen LogP contribution in [0.25, 0.3) is 0 Å². The highest BCUT2D eigenvalue weighted by molar-refractivity contribution is 5.81. The summed E-state index contributed by atoms with van der Waals surface area (Å²) in [4.78, 5) is 16.6. The summed E-state index contributed by atoms with van der Waals surface area (Å²) in [5.41, 5.74) is 1.17. The first-order chi connectivity index (χ1) is 11.2. The predicted molar refractivity (Wildman–Crippen MR) is 88.7 cm³/mol. The fourth-order valence-corrected chi connectivity index (χ4v) is 3.17. The minimum Gasteiger partial charge on any atom is -0.492 e. The van der Waals surface area contributed by atoms with Crippen LogP contribution < -0.4 is 4.74 Å². The van der Waals surface area contributed by atoms with Crippen molar-refractivity contribution in [3.05, 3.63) is 29.8 Å². The molecular weight excluding hydrogens is 292 g/mol. The second-order valence-corrected chi connectivity index (χ2v) is 6.28. The molecule has 1 atom stereocenters. The van der Waals surface area contributed by atoms with Crippen LogP contribution in [-0.4, -0.2) is 67.7 Å². The lowest BCUT2D eigenvalue weighted by Crippen LogP contribution is -2.52. The molecule has 2 fully saturated rings. The predicted octanol–water partition coefficient (Wildman–Crippen LogP) is 1.70. The third-order valence-corrected chi connectivity index (χ3v) is 4.65. The largest absolute Gasteiger partial charge is 0.492 e. The lowest BCUT2D eigenvalue weighted by molar-refractivity contribution is -0.142. The lowest BCUT2D eigenvalue weighted by atomic mass is 10.2. The van der Waals surface area contributed by atoms with Crippen LogP contribution in [0, 0.1) is 6.92 Å². The highest BCUT2D eigenvalue weighted by atomic mass is 16.5. The summed E-state index contributed by atoms with van der Waals surface area (Å²) in [6.45, 7) is 7.79. The summed E-state index contributed by atoms with van der Waals surface area (Å²) in [7, 11) is 0. The first-order valence-corrected chi connectivity index (χ1v) is 8.55. The molecule has 5 nitrogen and oxygen atoms in total. The van der Waals surface area contributed by atoms with Crippen LogP contribution in [0.3, 0.4) is 0 Å². The number of para-hydroxylation sites is 1. The molecule has 5 heteroatoms. The molecule has 2 heterocycles. The number of nitrogens with zero attached hydrogens (tertiary/aromatic N) is 2. The van der Waals surface area contributed by atoms with E-state index in [0.29, 0.717) is 6.61 Å². The van der Waals surface area contributed by atoms with Gasteiger partial charge in [-0.15, -0.1) is 0 Å². The van der Waals surface area contributed by atoms with Crippen molar-refractivity contribution < 1.29 is 14.3 Å². The van der Waals surface area contributed by atoms with Gasteiger partial charge in [0.1, 0.15) is 18.5 Å². The van der Waals surface area contributed by atoms with Crippen LogP contribution in [0.2, 0.25) is 0 Å². The number of ether oxygens (including phenoxy) is 2. The maximum Gasteiger partial charge on any atom is 0.251 e. The molecule has 2 aliphatic rings. The number of carbonyl (C=O) groups is 1. The highest BCUT2D eigenvalue weighted by Crippen LogP contribution is 2.17. The molecule has 0 aromatic heterocycles. The average molecular weight is 318 g/mol. The van der Waals surface area contributed by atoms with Crippen molar-refractivity contribution in [1.29, 1.82) is 0 Å². The molecule has 0 N–H and O–H groups in total. The molecule has 0 aliphatic carbocycles. The van der Waals surface area contributed by atoms with Gasteiger partial charge in [0.05, 0.1) is 0 Å². The molecule has 0 saturated carbocycles. The van der Waals surface area contributed by atoms with E-state index in [1.54, 1.807) is 0 Å². The van der Waals surface area contributed by atoms with E-state index in [0.717, 1.165) is 57.9 Å². The van der Waals surface area contributed by atoms with Gasteiger partial charge >= 0.3 is 0 Å². The zero-order valence-electron chi connectivity index (χ0n) is 13.9. The summed E-state index contributed by atoms with van der Waals surface area (Å²) in [5, 5.41) is 0. The van der Waals surface area contributed by atoms with E-state index in [-0.39, 0.29) is 12.0 Å². The van der Waals surface area contributed by atoms with Crippen molar-refractivity contribution in [2.75, 3.05) is 45.9 Å². The normalized spacial score (nSPS) is 22.3. The number of aryl methyl sites for hydroxylation is 1. The monoisotopic (exact) mass is 318 g/mol. The van der Waals surface area contributed by atoms with E-state index in [1.807, 2.05) is 23.1 Å². The van der Waals surface area contributed by atoms with Gasteiger partial charge in [-0.25, -0.2) is 0 Å². The number of carbonyl (C=O) groups excluding carboxylic acids is 1. The third-order valence-electron chi connectivity index (χ3n) is 4.65. The molecule has 2 aliphatic heterocycles. The van der Waals surface area contributed by atoms with E-state index < -0.39 is 0 Å². The van der Waals surface area contributed by atoms with E-state index in [2.05, 4.69) is 17.9 Å². The molecule has 23 heavy (non-hydrogen) atoms. The Morgan fingerprint density at radius 1 is 1.26 bits per heavy atom. The molecule has 0 radical (unpaired) electrons. The zero-order chi connectivity index (χ0) is 16.1. The molecule has 0 spiro atoms. The third kappa shape index (κ3) is 4.24. The number of hydrogen-bond acceptors (Lipinski definition) is 4. The highest BCUT2D eigenvalue weighted by Gasteiger charge is 2.30. The van der Waals surface area contributed by atoms with Gasteiger partial charge in [0.25, 0.3) is 5.91 Å². The van der Waals surface area contributed by atoms with Crippen molar-refractivity contribution in [2.45, 2.75) is 25.9 Å².